The molecule has 4 bridgehead atoms. The maximum Gasteiger partial charge on any atom is 0.0740 e. The Morgan fingerprint density at radius 3 is 3.08 bits per heavy atom. The predicted molar refractivity (Wildman–Crippen MR) is 90.6 cm³/mol. The zero-order valence-electron chi connectivity index (χ0n) is 13.4. The predicted octanol–water partition coefficient (Wildman–Crippen LogP) is 2.93. The lowest BCUT2D eigenvalue weighted by Crippen LogP contribution is -2.37. The molecule has 0 N–H and O–H groups in total. The van der Waals surface area contributed by atoms with E-state index in [1.165, 1.54) is 36.0 Å². The summed E-state index contributed by atoms with van der Waals surface area (Å²) in [7, 11) is 0. The highest BCUT2D eigenvalue weighted by atomic mass is 15.5. The number of nitrogens with zero attached hydrogens (tertiary/aromatic N) is 5. The van der Waals surface area contributed by atoms with Crippen molar-refractivity contribution < 1.29 is 0 Å². The van der Waals surface area contributed by atoms with Gasteiger partial charge in [0.1, 0.15) is 0 Å². The molecule has 1 aromatic carbocycles. The third kappa shape index (κ3) is 1.60. The minimum Gasteiger partial charge on any atom is -0.294 e. The minimum absolute atomic E-state index is 0.371. The van der Waals surface area contributed by atoms with Crippen molar-refractivity contribution in [2.45, 2.75) is 30.8 Å². The number of para-hydroxylation sites is 1. The summed E-state index contributed by atoms with van der Waals surface area (Å²) in [5.41, 5.74) is 3.83. The first-order chi connectivity index (χ1) is 11.9. The van der Waals surface area contributed by atoms with Crippen LogP contribution in [0.25, 0.3) is 10.9 Å². The SMILES string of the molecule is c1ccc2c(C3C4CC5CCN3CC5c3cnnn34)ccnc2c1. The molecule has 0 saturated carbocycles. The first-order valence-corrected chi connectivity index (χ1v) is 8.88. The van der Waals surface area contributed by atoms with E-state index in [1.807, 2.05) is 12.4 Å². The smallest absolute Gasteiger partial charge is 0.0740 e. The standard InChI is InChI=1S/C19H19N5/c1-2-4-16-13(3-1)14(5-7-20-16)19-17-9-12-6-8-23(19)11-15(12)18-10-21-22-24(17)18/h1-5,7,10,12,15,17,19H,6,8-9,11H2. The van der Waals surface area contributed by atoms with Gasteiger partial charge in [-0.1, -0.05) is 23.4 Å². The van der Waals surface area contributed by atoms with Crippen molar-refractivity contribution in [1.82, 2.24) is 24.9 Å². The molecule has 8 rings (SSSR count). The quantitative estimate of drug-likeness (QED) is 0.692. The second kappa shape index (κ2) is 4.63. The molecule has 3 saturated heterocycles. The number of piperidine rings is 1. The Balaban J connectivity index is 1.60. The Labute approximate surface area is 140 Å². The van der Waals surface area contributed by atoms with Crippen molar-refractivity contribution in [3.05, 3.63) is 54.0 Å². The first-order valence-electron chi connectivity index (χ1n) is 8.88. The number of aromatic nitrogens is 4. The summed E-state index contributed by atoms with van der Waals surface area (Å²) in [5.74, 6) is 1.39. The van der Waals surface area contributed by atoms with E-state index in [1.54, 1.807) is 0 Å². The molecule has 5 nitrogen and oxygen atoms in total. The molecule has 120 valence electrons. The minimum atomic E-state index is 0.371. The van der Waals surface area contributed by atoms with E-state index in [9.17, 15) is 0 Å². The molecule has 5 unspecified atom stereocenters. The van der Waals surface area contributed by atoms with Crippen LogP contribution in [0, 0.1) is 5.92 Å². The van der Waals surface area contributed by atoms with E-state index < -0.39 is 0 Å². The Morgan fingerprint density at radius 2 is 2.08 bits per heavy atom. The summed E-state index contributed by atoms with van der Waals surface area (Å²) in [4.78, 5) is 7.25. The molecule has 7 heterocycles. The summed E-state index contributed by atoms with van der Waals surface area (Å²) in [5, 5.41) is 10.00. The lowest BCUT2D eigenvalue weighted by atomic mass is 9.79. The third-order valence-electron chi connectivity index (χ3n) is 6.39. The van der Waals surface area contributed by atoms with Gasteiger partial charge in [0.05, 0.1) is 29.5 Å². The van der Waals surface area contributed by atoms with Crippen LogP contribution in [0.5, 0.6) is 0 Å². The zero-order chi connectivity index (χ0) is 15.7. The average Bonchev–Trinajstić information content (AvgIpc) is 2.97. The van der Waals surface area contributed by atoms with Crippen molar-refractivity contribution in [1.29, 1.82) is 0 Å². The van der Waals surface area contributed by atoms with Gasteiger partial charge in [0.15, 0.2) is 0 Å². The number of hydrogen-bond acceptors (Lipinski definition) is 4. The third-order valence-corrected chi connectivity index (χ3v) is 6.39. The fourth-order valence-electron chi connectivity index (χ4n) is 5.37. The summed E-state index contributed by atoms with van der Waals surface area (Å²) in [6.07, 6.45) is 6.48. The van der Waals surface area contributed by atoms with Gasteiger partial charge in [0, 0.05) is 24.0 Å². The lowest BCUT2D eigenvalue weighted by molar-refractivity contribution is 0.151. The van der Waals surface area contributed by atoms with Crippen LogP contribution in [0.3, 0.4) is 0 Å². The van der Waals surface area contributed by atoms with E-state index >= 15 is 0 Å². The molecule has 5 aliphatic rings. The maximum absolute atomic E-state index is 4.56. The summed E-state index contributed by atoms with van der Waals surface area (Å²) in [6, 6.07) is 11.5. The summed E-state index contributed by atoms with van der Waals surface area (Å²) in [6.45, 7) is 2.33. The highest BCUT2D eigenvalue weighted by molar-refractivity contribution is 5.82. The van der Waals surface area contributed by atoms with E-state index in [-0.39, 0.29) is 0 Å². The number of rotatable bonds is 1. The van der Waals surface area contributed by atoms with Gasteiger partial charge in [0.25, 0.3) is 0 Å². The average molecular weight is 317 g/mol. The first kappa shape index (κ1) is 13.1. The van der Waals surface area contributed by atoms with Gasteiger partial charge in [-0.3, -0.25) is 9.88 Å². The molecule has 0 radical (unpaired) electrons. The summed E-state index contributed by atoms with van der Waals surface area (Å²) >= 11 is 0. The molecule has 0 aliphatic carbocycles. The van der Waals surface area contributed by atoms with Gasteiger partial charge in [-0.15, -0.1) is 5.10 Å². The fourth-order valence-corrected chi connectivity index (χ4v) is 5.37. The summed E-state index contributed by atoms with van der Waals surface area (Å²) < 4.78 is 2.23. The van der Waals surface area contributed by atoms with Crippen molar-refractivity contribution >= 4 is 10.9 Å². The van der Waals surface area contributed by atoms with Crippen LogP contribution in [0.2, 0.25) is 0 Å². The van der Waals surface area contributed by atoms with Crippen LogP contribution in [0.15, 0.2) is 42.7 Å². The van der Waals surface area contributed by atoms with Gasteiger partial charge in [-0.2, -0.15) is 0 Å². The Hall–Kier alpha value is -2.27. The molecule has 0 spiro atoms. The molecule has 3 aromatic rings. The fraction of sp³-hybridized carbons (Fsp3) is 0.421. The van der Waals surface area contributed by atoms with Crippen LogP contribution in [0.4, 0.5) is 0 Å². The highest BCUT2D eigenvalue weighted by Gasteiger charge is 2.49. The molecule has 0 amide bonds. The van der Waals surface area contributed by atoms with Crippen LogP contribution in [-0.4, -0.2) is 38.0 Å². The van der Waals surface area contributed by atoms with E-state index in [0.29, 0.717) is 18.0 Å². The lowest BCUT2D eigenvalue weighted by Gasteiger charge is -2.36. The van der Waals surface area contributed by atoms with Gasteiger partial charge in [0.2, 0.25) is 0 Å². The molecule has 2 aromatic heterocycles. The molecule has 5 aliphatic heterocycles. The van der Waals surface area contributed by atoms with Crippen molar-refractivity contribution in [2.24, 2.45) is 5.92 Å². The van der Waals surface area contributed by atoms with E-state index in [2.05, 4.69) is 55.2 Å². The van der Waals surface area contributed by atoms with Crippen molar-refractivity contribution in [3.8, 4) is 0 Å². The number of pyridine rings is 1. The Morgan fingerprint density at radius 1 is 1.12 bits per heavy atom. The maximum atomic E-state index is 4.56. The van der Waals surface area contributed by atoms with E-state index in [4.69, 9.17) is 0 Å². The van der Waals surface area contributed by atoms with E-state index in [0.717, 1.165) is 18.0 Å². The van der Waals surface area contributed by atoms with Gasteiger partial charge in [-0.25, -0.2) is 4.68 Å². The van der Waals surface area contributed by atoms with Crippen LogP contribution in [0.1, 0.15) is 42.1 Å². The zero-order valence-corrected chi connectivity index (χ0v) is 13.4. The molecule has 3 fully saturated rings. The molecule has 5 atom stereocenters. The monoisotopic (exact) mass is 317 g/mol. The highest BCUT2D eigenvalue weighted by Crippen LogP contribution is 2.53. The molecule has 5 heteroatoms. The Bertz CT molecular complexity index is 927. The second-order valence-electron chi connectivity index (χ2n) is 7.42. The van der Waals surface area contributed by atoms with Crippen molar-refractivity contribution in [3.63, 3.8) is 0 Å². The van der Waals surface area contributed by atoms with Crippen LogP contribution in [-0.2, 0) is 0 Å². The molecule has 24 heavy (non-hydrogen) atoms. The Kier molecular flexibility index (Phi) is 2.52. The van der Waals surface area contributed by atoms with Gasteiger partial charge in [-0.05, 0) is 43.0 Å². The number of hydrogen-bond donors (Lipinski definition) is 0. The normalized spacial score (nSPS) is 33.6. The van der Waals surface area contributed by atoms with Crippen LogP contribution < -0.4 is 0 Å². The van der Waals surface area contributed by atoms with Gasteiger partial charge >= 0.3 is 0 Å². The van der Waals surface area contributed by atoms with Crippen LogP contribution >= 0.6 is 0 Å². The number of benzene rings is 1. The largest absolute Gasteiger partial charge is 0.294 e. The molecular weight excluding hydrogens is 298 g/mol. The second-order valence-corrected chi connectivity index (χ2v) is 7.42. The molecular formula is C19H19N5. The number of fused-ring (bicyclic) bond motifs is 2. The van der Waals surface area contributed by atoms with Gasteiger partial charge < -0.3 is 0 Å². The topological polar surface area (TPSA) is 46.8 Å². The van der Waals surface area contributed by atoms with Crippen molar-refractivity contribution in [2.75, 3.05) is 13.1 Å².